The highest BCUT2D eigenvalue weighted by molar-refractivity contribution is 7.86. The van der Waals surface area contributed by atoms with E-state index in [0.717, 1.165) is 0 Å². The summed E-state index contributed by atoms with van der Waals surface area (Å²) in [6.45, 7) is 4.14. The van der Waals surface area contributed by atoms with Crippen LogP contribution in [0.15, 0.2) is 0 Å². The first-order valence-corrected chi connectivity index (χ1v) is 6.06. The normalized spacial score (nSPS) is 17.2. The van der Waals surface area contributed by atoms with Crippen molar-refractivity contribution in [2.45, 2.75) is 19.1 Å². The molecule has 1 amide bonds. The molecule has 2 N–H and O–H groups in total. The van der Waals surface area contributed by atoms with Gasteiger partial charge in [-0.1, -0.05) is 6.92 Å². The van der Waals surface area contributed by atoms with Gasteiger partial charge in [-0.05, 0) is 19.4 Å². The molecule has 3 unspecified atom stereocenters. The fourth-order valence-corrected chi connectivity index (χ4v) is 2.39. The van der Waals surface area contributed by atoms with E-state index in [9.17, 15) is 9.00 Å². The monoisotopic (exact) mass is 220 g/mol. The average molecular weight is 220 g/mol. The average Bonchev–Trinajstić information content (AvgIpc) is 2.14. The summed E-state index contributed by atoms with van der Waals surface area (Å²) in [6, 6.07) is 0. The highest BCUT2D eigenvalue weighted by Gasteiger charge is 2.22. The lowest BCUT2D eigenvalue weighted by atomic mass is 10.2. The molecule has 0 rings (SSSR count). The third kappa shape index (κ3) is 4.19. The molecule has 0 aliphatic carbocycles. The molecule has 0 saturated heterocycles. The van der Waals surface area contributed by atoms with Gasteiger partial charge in [0, 0.05) is 30.6 Å². The van der Waals surface area contributed by atoms with Crippen LogP contribution in [0, 0.1) is 5.92 Å². The van der Waals surface area contributed by atoms with E-state index in [0.29, 0.717) is 12.3 Å². The maximum absolute atomic E-state index is 11.7. The van der Waals surface area contributed by atoms with Gasteiger partial charge in [-0.3, -0.25) is 9.00 Å². The van der Waals surface area contributed by atoms with E-state index in [1.54, 1.807) is 21.0 Å². The van der Waals surface area contributed by atoms with Gasteiger partial charge in [-0.15, -0.1) is 0 Å². The Kier molecular flexibility index (Phi) is 5.95. The van der Waals surface area contributed by atoms with Gasteiger partial charge in [0.25, 0.3) is 0 Å². The number of carbonyl (C=O) groups is 1. The Balaban J connectivity index is 4.19. The van der Waals surface area contributed by atoms with E-state index in [-0.39, 0.29) is 11.8 Å². The number of nitrogens with zero attached hydrogens (tertiary/aromatic N) is 1. The second-order valence-corrected chi connectivity index (χ2v) is 5.57. The first-order chi connectivity index (χ1) is 6.40. The zero-order valence-corrected chi connectivity index (χ0v) is 10.1. The fourth-order valence-electron chi connectivity index (χ4n) is 0.969. The van der Waals surface area contributed by atoms with Crippen molar-refractivity contribution in [3.8, 4) is 0 Å². The zero-order chi connectivity index (χ0) is 11.3. The molecule has 4 nitrogen and oxygen atoms in total. The molecule has 0 spiro atoms. The second-order valence-electron chi connectivity index (χ2n) is 3.76. The third-order valence-electron chi connectivity index (χ3n) is 2.03. The predicted octanol–water partition coefficient (Wildman–Crippen LogP) is -0.193. The Hall–Kier alpha value is -0.420. The van der Waals surface area contributed by atoms with Crippen LogP contribution in [-0.4, -0.2) is 46.7 Å². The first kappa shape index (κ1) is 13.6. The van der Waals surface area contributed by atoms with Crippen molar-refractivity contribution in [1.82, 2.24) is 4.90 Å². The standard InChI is InChI=1S/C9H20N2O2S/c1-7(5-10)6-14(13)8(2)9(12)11(3)4/h7-8H,5-6,10H2,1-4H3. The second kappa shape index (κ2) is 6.14. The van der Waals surface area contributed by atoms with Crippen LogP contribution in [0.3, 0.4) is 0 Å². The van der Waals surface area contributed by atoms with E-state index < -0.39 is 16.0 Å². The summed E-state index contributed by atoms with van der Waals surface area (Å²) < 4.78 is 11.7. The van der Waals surface area contributed by atoms with Crippen LogP contribution in [0.4, 0.5) is 0 Å². The van der Waals surface area contributed by atoms with Crippen molar-refractivity contribution in [3.63, 3.8) is 0 Å². The van der Waals surface area contributed by atoms with Gasteiger partial charge in [0.2, 0.25) is 5.91 Å². The Bertz CT molecular complexity index is 219. The minimum atomic E-state index is -1.12. The number of rotatable bonds is 5. The maximum atomic E-state index is 11.7. The van der Waals surface area contributed by atoms with E-state index >= 15 is 0 Å². The minimum absolute atomic E-state index is 0.0902. The Morgan fingerprint density at radius 1 is 1.43 bits per heavy atom. The van der Waals surface area contributed by atoms with Crippen molar-refractivity contribution in [3.05, 3.63) is 0 Å². The van der Waals surface area contributed by atoms with E-state index in [1.165, 1.54) is 4.90 Å². The maximum Gasteiger partial charge on any atom is 0.237 e. The molecule has 0 fully saturated rings. The molecule has 0 heterocycles. The van der Waals surface area contributed by atoms with Gasteiger partial charge in [0.1, 0.15) is 5.25 Å². The number of hydrogen-bond donors (Lipinski definition) is 1. The zero-order valence-electron chi connectivity index (χ0n) is 9.32. The lowest BCUT2D eigenvalue weighted by Gasteiger charge is -2.17. The number of carbonyl (C=O) groups excluding carboxylic acids is 1. The predicted molar refractivity (Wildman–Crippen MR) is 59.4 cm³/mol. The molecule has 84 valence electrons. The molecule has 0 aliphatic rings. The summed E-state index contributed by atoms with van der Waals surface area (Å²) >= 11 is 0. The van der Waals surface area contributed by atoms with Crippen molar-refractivity contribution >= 4 is 16.7 Å². The molecule has 0 saturated carbocycles. The summed E-state index contributed by atoms with van der Waals surface area (Å²) in [4.78, 5) is 12.9. The minimum Gasteiger partial charge on any atom is -0.348 e. The van der Waals surface area contributed by atoms with Crippen LogP contribution in [0.2, 0.25) is 0 Å². The number of amides is 1. The van der Waals surface area contributed by atoms with E-state index in [2.05, 4.69) is 0 Å². The molecule has 5 heteroatoms. The number of nitrogens with two attached hydrogens (primary N) is 1. The van der Waals surface area contributed by atoms with Crippen LogP contribution in [0.5, 0.6) is 0 Å². The largest absolute Gasteiger partial charge is 0.348 e. The van der Waals surface area contributed by atoms with Crippen LogP contribution in [-0.2, 0) is 15.6 Å². The van der Waals surface area contributed by atoms with E-state index in [4.69, 9.17) is 5.73 Å². The van der Waals surface area contributed by atoms with Gasteiger partial charge in [-0.2, -0.15) is 0 Å². The molecule has 0 aromatic heterocycles. The lowest BCUT2D eigenvalue weighted by molar-refractivity contribution is -0.127. The molecule has 0 radical (unpaired) electrons. The van der Waals surface area contributed by atoms with Crippen LogP contribution < -0.4 is 5.73 Å². The highest BCUT2D eigenvalue weighted by Crippen LogP contribution is 2.04. The molecule has 0 aromatic carbocycles. The van der Waals surface area contributed by atoms with Crippen LogP contribution in [0.25, 0.3) is 0 Å². The quantitative estimate of drug-likeness (QED) is 0.698. The van der Waals surface area contributed by atoms with Crippen LogP contribution >= 0.6 is 0 Å². The van der Waals surface area contributed by atoms with Gasteiger partial charge in [-0.25, -0.2) is 0 Å². The highest BCUT2D eigenvalue weighted by atomic mass is 32.2. The summed E-state index contributed by atoms with van der Waals surface area (Å²) in [7, 11) is 2.22. The van der Waals surface area contributed by atoms with Gasteiger partial charge in [0.05, 0.1) is 0 Å². The van der Waals surface area contributed by atoms with Crippen molar-refractivity contribution < 1.29 is 9.00 Å². The van der Waals surface area contributed by atoms with Crippen molar-refractivity contribution in [2.24, 2.45) is 11.7 Å². The third-order valence-corrected chi connectivity index (χ3v) is 3.92. The summed E-state index contributed by atoms with van der Waals surface area (Å²) in [5.74, 6) is 0.609. The Labute approximate surface area is 88.3 Å². The van der Waals surface area contributed by atoms with Gasteiger partial charge >= 0.3 is 0 Å². The summed E-state index contributed by atoms with van der Waals surface area (Å²) in [6.07, 6.45) is 0. The van der Waals surface area contributed by atoms with Crippen LogP contribution in [0.1, 0.15) is 13.8 Å². The molecule has 3 atom stereocenters. The summed E-state index contributed by atoms with van der Waals surface area (Å²) in [5, 5.41) is -0.431. The first-order valence-electron chi connectivity index (χ1n) is 4.68. The molecule has 0 aliphatic heterocycles. The molecular formula is C9H20N2O2S. The van der Waals surface area contributed by atoms with Gasteiger partial charge in [0.15, 0.2) is 0 Å². The smallest absolute Gasteiger partial charge is 0.237 e. The topological polar surface area (TPSA) is 63.4 Å². The molecular weight excluding hydrogens is 200 g/mol. The van der Waals surface area contributed by atoms with Crippen molar-refractivity contribution in [2.75, 3.05) is 26.4 Å². The lowest BCUT2D eigenvalue weighted by Crippen LogP contribution is -2.36. The Morgan fingerprint density at radius 3 is 2.29 bits per heavy atom. The fraction of sp³-hybridized carbons (Fsp3) is 0.889. The molecule has 0 bridgehead atoms. The summed E-state index contributed by atoms with van der Waals surface area (Å²) in [5.41, 5.74) is 5.43. The molecule has 14 heavy (non-hydrogen) atoms. The van der Waals surface area contributed by atoms with Crippen molar-refractivity contribution in [1.29, 1.82) is 0 Å². The van der Waals surface area contributed by atoms with Gasteiger partial charge < -0.3 is 10.6 Å². The Morgan fingerprint density at radius 2 is 1.93 bits per heavy atom. The SMILES string of the molecule is CC(CN)CS(=O)C(C)C(=O)N(C)C. The number of hydrogen-bond acceptors (Lipinski definition) is 3. The van der Waals surface area contributed by atoms with E-state index in [1.807, 2.05) is 6.92 Å². The molecule has 0 aromatic rings.